The van der Waals surface area contributed by atoms with Gasteiger partial charge in [0.1, 0.15) is 0 Å². The Balaban J connectivity index is 2.44. The molecule has 0 unspecified atom stereocenters. The summed E-state index contributed by atoms with van der Waals surface area (Å²) in [5.74, 6) is 0. The lowest BCUT2D eigenvalue weighted by Gasteiger charge is -2.00. The van der Waals surface area contributed by atoms with Gasteiger partial charge in [0, 0.05) is 0 Å². The van der Waals surface area contributed by atoms with Crippen LogP contribution in [0, 0.1) is 0 Å². The highest BCUT2D eigenvalue weighted by molar-refractivity contribution is 5.04. The Morgan fingerprint density at radius 2 is 2.22 bits per heavy atom. The van der Waals surface area contributed by atoms with Crippen molar-refractivity contribution in [2.75, 3.05) is 0 Å². The maximum Gasteiger partial charge on any atom is -0.0167 e. The molecule has 0 heterocycles. The Bertz CT molecular complexity index is 129. The molecule has 1 aliphatic carbocycles. The average molecular weight is 122 g/mol. The Labute approximate surface area is 57.3 Å². The molecule has 0 N–H and O–H groups in total. The van der Waals surface area contributed by atoms with Crippen molar-refractivity contribution in [3.05, 3.63) is 23.8 Å². The fraction of sp³-hybridized carbons (Fsp3) is 0.556. The molecule has 1 rings (SSSR count). The van der Waals surface area contributed by atoms with Crippen LogP contribution in [0.4, 0.5) is 0 Å². The first-order chi connectivity index (χ1) is 4.39. The van der Waals surface area contributed by atoms with Gasteiger partial charge in [-0.15, -0.1) is 0 Å². The van der Waals surface area contributed by atoms with Gasteiger partial charge in [0.15, 0.2) is 0 Å². The normalized spacial score (nSPS) is 20.3. The van der Waals surface area contributed by atoms with Crippen molar-refractivity contribution in [2.45, 2.75) is 32.6 Å². The van der Waals surface area contributed by atoms with Crippen molar-refractivity contribution in [1.29, 1.82) is 0 Å². The standard InChI is InChI=1S/C9H14/c1-9-7-5-3-2-4-6-8-9/h2-3,7H,4-6,8H2,1H3. The summed E-state index contributed by atoms with van der Waals surface area (Å²) in [5, 5.41) is 0. The molecular weight excluding hydrogens is 108 g/mol. The van der Waals surface area contributed by atoms with Crippen molar-refractivity contribution >= 4 is 0 Å². The summed E-state index contributed by atoms with van der Waals surface area (Å²) in [7, 11) is 0. The lowest BCUT2D eigenvalue weighted by Crippen LogP contribution is -1.80. The third-order valence-corrected chi connectivity index (χ3v) is 1.71. The maximum atomic E-state index is 2.32. The Morgan fingerprint density at radius 3 is 3.11 bits per heavy atom. The third kappa shape index (κ3) is 2.50. The first kappa shape index (κ1) is 6.60. The molecule has 0 aromatic carbocycles. The van der Waals surface area contributed by atoms with Crippen LogP contribution in [0.25, 0.3) is 0 Å². The van der Waals surface area contributed by atoms with Gasteiger partial charge >= 0.3 is 0 Å². The molecule has 0 radical (unpaired) electrons. The highest BCUT2D eigenvalue weighted by atomic mass is 14.0. The molecule has 0 aromatic heterocycles. The van der Waals surface area contributed by atoms with Crippen LogP contribution in [0.3, 0.4) is 0 Å². The molecule has 50 valence electrons. The number of hydrogen-bond donors (Lipinski definition) is 0. The second kappa shape index (κ2) is 3.49. The Morgan fingerprint density at radius 1 is 1.33 bits per heavy atom. The summed E-state index contributed by atoms with van der Waals surface area (Å²) in [6.45, 7) is 2.22. The highest BCUT2D eigenvalue weighted by Gasteiger charge is 1.90. The molecule has 0 aliphatic heterocycles. The predicted molar refractivity (Wildman–Crippen MR) is 41.4 cm³/mol. The average Bonchev–Trinajstić information content (AvgIpc) is 1.79. The second-order valence-corrected chi connectivity index (χ2v) is 2.65. The van der Waals surface area contributed by atoms with Gasteiger partial charge in [-0.25, -0.2) is 0 Å². The van der Waals surface area contributed by atoms with Crippen LogP contribution in [0.15, 0.2) is 23.8 Å². The van der Waals surface area contributed by atoms with Crippen LogP contribution in [-0.2, 0) is 0 Å². The van der Waals surface area contributed by atoms with Gasteiger partial charge in [-0.2, -0.15) is 0 Å². The molecule has 0 saturated heterocycles. The largest absolute Gasteiger partial charge is 0.0882 e. The van der Waals surface area contributed by atoms with Crippen molar-refractivity contribution in [3.8, 4) is 0 Å². The zero-order valence-electron chi connectivity index (χ0n) is 6.06. The van der Waals surface area contributed by atoms with Crippen LogP contribution in [0.2, 0.25) is 0 Å². The van der Waals surface area contributed by atoms with Gasteiger partial charge in [0.05, 0.1) is 0 Å². The van der Waals surface area contributed by atoms with Crippen LogP contribution >= 0.6 is 0 Å². The lowest BCUT2D eigenvalue weighted by atomic mass is 10.1. The molecule has 0 fully saturated rings. The Kier molecular flexibility index (Phi) is 2.56. The second-order valence-electron chi connectivity index (χ2n) is 2.65. The number of allylic oxidation sites excluding steroid dienone is 4. The van der Waals surface area contributed by atoms with Gasteiger partial charge in [-0.1, -0.05) is 23.8 Å². The first-order valence-electron chi connectivity index (χ1n) is 3.70. The van der Waals surface area contributed by atoms with Gasteiger partial charge < -0.3 is 0 Å². The minimum atomic E-state index is 1.14. The molecule has 0 atom stereocenters. The van der Waals surface area contributed by atoms with Crippen molar-refractivity contribution in [3.63, 3.8) is 0 Å². The van der Waals surface area contributed by atoms with E-state index in [1.54, 1.807) is 5.57 Å². The lowest BCUT2D eigenvalue weighted by molar-refractivity contribution is 0.819. The summed E-state index contributed by atoms with van der Waals surface area (Å²) >= 11 is 0. The van der Waals surface area contributed by atoms with E-state index < -0.39 is 0 Å². The molecule has 0 spiro atoms. The topological polar surface area (TPSA) is 0 Å². The molecule has 0 heteroatoms. The van der Waals surface area contributed by atoms with Crippen molar-refractivity contribution in [1.82, 2.24) is 0 Å². The van der Waals surface area contributed by atoms with Gasteiger partial charge in [0.2, 0.25) is 0 Å². The fourth-order valence-electron chi connectivity index (χ4n) is 1.08. The van der Waals surface area contributed by atoms with E-state index in [1.807, 2.05) is 0 Å². The maximum absolute atomic E-state index is 2.32. The summed E-state index contributed by atoms with van der Waals surface area (Å²) in [6.07, 6.45) is 11.9. The first-order valence-corrected chi connectivity index (χ1v) is 3.70. The van der Waals surface area contributed by atoms with Crippen LogP contribution < -0.4 is 0 Å². The fourth-order valence-corrected chi connectivity index (χ4v) is 1.08. The SMILES string of the molecule is CC1=CCC=CCCC1. The molecule has 0 bridgehead atoms. The molecule has 0 nitrogen and oxygen atoms in total. The summed E-state index contributed by atoms with van der Waals surface area (Å²) in [4.78, 5) is 0. The van der Waals surface area contributed by atoms with E-state index in [0.717, 1.165) is 6.42 Å². The van der Waals surface area contributed by atoms with E-state index in [2.05, 4.69) is 25.2 Å². The molecule has 1 aliphatic rings. The van der Waals surface area contributed by atoms with E-state index in [4.69, 9.17) is 0 Å². The zero-order chi connectivity index (χ0) is 6.53. The number of rotatable bonds is 0. The summed E-state index contributed by atoms with van der Waals surface area (Å²) in [6, 6.07) is 0. The van der Waals surface area contributed by atoms with E-state index in [0.29, 0.717) is 0 Å². The summed E-state index contributed by atoms with van der Waals surface area (Å²) in [5.41, 5.74) is 1.55. The van der Waals surface area contributed by atoms with E-state index in [-0.39, 0.29) is 0 Å². The molecule has 0 amide bonds. The minimum absolute atomic E-state index is 1.14. The zero-order valence-corrected chi connectivity index (χ0v) is 6.06. The van der Waals surface area contributed by atoms with Crippen LogP contribution in [-0.4, -0.2) is 0 Å². The summed E-state index contributed by atoms with van der Waals surface area (Å²) < 4.78 is 0. The monoisotopic (exact) mass is 122 g/mol. The smallest absolute Gasteiger partial charge is 0.0167 e. The van der Waals surface area contributed by atoms with Crippen LogP contribution in [0.5, 0.6) is 0 Å². The predicted octanol–water partition coefficient (Wildman–Crippen LogP) is 3.06. The van der Waals surface area contributed by atoms with E-state index >= 15 is 0 Å². The number of hydrogen-bond acceptors (Lipinski definition) is 0. The van der Waals surface area contributed by atoms with Crippen molar-refractivity contribution in [2.24, 2.45) is 0 Å². The molecular formula is C9H14. The highest BCUT2D eigenvalue weighted by Crippen LogP contribution is 2.10. The van der Waals surface area contributed by atoms with Gasteiger partial charge in [-0.3, -0.25) is 0 Å². The van der Waals surface area contributed by atoms with Gasteiger partial charge in [-0.05, 0) is 32.6 Å². The molecule has 0 aromatic rings. The van der Waals surface area contributed by atoms with Crippen LogP contribution in [0.1, 0.15) is 32.6 Å². The molecule has 0 saturated carbocycles. The minimum Gasteiger partial charge on any atom is -0.0882 e. The quantitative estimate of drug-likeness (QED) is 0.433. The van der Waals surface area contributed by atoms with E-state index in [1.165, 1.54) is 19.3 Å². The third-order valence-electron chi connectivity index (χ3n) is 1.71. The van der Waals surface area contributed by atoms with E-state index in [9.17, 15) is 0 Å². The molecule has 9 heavy (non-hydrogen) atoms. The van der Waals surface area contributed by atoms with Gasteiger partial charge in [0.25, 0.3) is 0 Å². The van der Waals surface area contributed by atoms with Crippen molar-refractivity contribution < 1.29 is 0 Å². The Hall–Kier alpha value is -0.520.